The van der Waals surface area contributed by atoms with E-state index in [2.05, 4.69) is 16.0 Å². The van der Waals surface area contributed by atoms with Crippen LogP contribution in [0.5, 0.6) is 0 Å². The molecule has 2 aliphatic rings. The number of carbonyl (C=O) groups excluding carboxylic acids is 4. The van der Waals surface area contributed by atoms with Crippen LogP contribution in [0.15, 0.2) is 60.7 Å². The maximum Gasteiger partial charge on any atom is 0.246 e. The van der Waals surface area contributed by atoms with Crippen LogP contribution in [0.3, 0.4) is 0 Å². The minimum Gasteiger partial charge on any atom is -0.355 e. The van der Waals surface area contributed by atoms with Crippen LogP contribution >= 0.6 is 0 Å². The molecule has 1 saturated carbocycles. The van der Waals surface area contributed by atoms with E-state index in [-0.39, 0.29) is 35.5 Å². The van der Waals surface area contributed by atoms with Crippen molar-refractivity contribution in [3.63, 3.8) is 0 Å². The van der Waals surface area contributed by atoms with Gasteiger partial charge in [0.2, 0.25) is 23.6 Å². The van der Waals surface area contributed by atoms with E-state index >= 15 is 0 Å². The van der Waals surface area contributed by atoms with Gasteiger partial charge < -0.3 is 20.9 Å². The van der Waals surface area contributed by atoms with Gasteiger partial charge in [-0.3, -0.25) is 19.2 Å². The zero-order valence-corrected chi connectivity index (χ0v) is 25.9. The normalized spacial score (nSPS) is 19.3. The molecule has 8 heteroatoms. The number of carbonyl (C=O) groups is 4. The first-order chi connectivity index (χ1) is 20.8. The third-order valence-corrected chi connectivity index (χ3v) is 9.17. The molecule has 1 aliphatic carbocycles. The summed E-state index contributed by atoms with van der Waals surface area (Å²) in [6, 6.07) is 17.2. The Morgan fingerprint density at radius 1 is 0.791 bits per heavy atom. The van der Waals surface area contributed by atoms with Crippen molar-refractivity contribution in [2.75, 3.05) is 13.1 Å². The summed E-state index contributed by atoms with van der Waals surface area (Å²) < 4.78 is 0. The number of nitrogens with zero attached hydrogens (tertiary/aromatic N) is 1. The summed E-state index contributed by atoms with van der Waals surface area (Å²) >= 11 is 0. The van der Waals surface area contributed by atoms with Crippen molar-refractivity contribution in [1.82, 2.24) is 20.9 Å². The lowest BCUT2D eigenvalue weighted by Crippen LogP contribution is -2.59. The fourth-order valence-electron chi connectivity index (χ4n) is 6.54. The third kappa shape index (κ3) is 8.03. The van der Waals surface area contributed by atoms with Gasteiger partial charge in [-0.1, -0.05) is 93.8 Å². The minimum absolute atomic E-state index is 0.0576. The predicted octanol–water partition coefficient (Wildman–Crippen LogP) is 4.54. The van der Waals surface area contributed by atoms with Crippen LogP contribution < -0.4 is 16.0 Å². The molecule has 0 aromatic heterocycles. The topological polar surface area (TPSA) is 108 Å². The first-order valence-corrected chi connectivity index (χ1v) is 16.1. The summed E-state index contributed by atoms with van der Waals surface area (Å²) in [5.41, 5.74) is 1.82. The Morgan fingerprint density at radius 2 is 1.40 bits per heavy atom. The van der Waals surface area contributed by atoms with Crippen LogP contribution in [0.25, 0.3) is 0 Å². The lowest BCUT2D eigenvalue weighted by Gasteiger charge is -2.36. The van der Waals surface area contributed by atoms with Gasteiger partial charge in [-0.15, -0.1) is 0 Å². The summed E-state index contributed by atoms with van der Waals surface area (Å²) in [4.78, 5) is 56.4. The highest BCUT2D eigenvalue weighted by atomic mass is 16.2. The highest BCUT2D eigenvalue weighted by Crippen LogP contribution is 2.31. The number of hydrogen-bond donors (Lipinski definition) is 3. The monoisotopic (exact) mass is 588 g/mol. The van der Waals surface area contributed by atoms with Crippen molar-refractivity contribution in [1.29, 1.82) is 0 Å². The molecule has 1 aliphatic heterocycles. The molecule has 2 unspecified atom stereocenters. The molecule has 0 spiro atoms. The van der Waals surface area contributed by atoms with Crippen LogP contribution in [0.2, 0.25) is 0 Å². The molecule has 0 radical (unpaired) electrons. The molecule has 2 aromatic rings. The minimum atomic E-state index is -0.881. The molecular weight excluding hydrogens is 540 g/mol. The summed E-state index contributed by atoms with van der Waals surface area (Å²) in [6.45, 7) is 6.57. The lowest BCUT2D eigenvalue weighted by atomic mass is 9.83. The van der Waals surface area contributed by atoms with Crippen molar-refractivity contribution in [3.05, 3.63) is 71.8 Å². The predicted molar refractivity (Wildman–Crippen MR) is 168 cm³/mol. The Kier molecular flexibility index (Phi) is 11.8. The average molecular weight is 589 g/mol. The van der Waals surface area contributed by atoms with E-state index in [1.54, 1.807) is 4.90 Å². The largest absolute Gasteiger partial charge is 0.355 e. The van der Waals surface area contributed by atoms with E-state index in [9.17, 15) is 19.2 Å². The summed E-state index contributed by atoms with van der Waals surface area (Å²) in [6.07, 6.45) is 6.87. The maximum absolute atomic E-state index is 14.2. The van der Waals surface area contributed by atoms with Crippen LogP contribution in [0.1, 0.15) is 89.2 Å². The highest BCUT2D eigenvalue weighted by molar-refractivity contribution is 5.95. The molecule has 2 aromatic carbocycles. The smallest absolute Gasteiger partial charge is 0.246 e. The zero-order chi connectivity index (χ0) is 30.8. The van der Waals surface area contributed by atoms with Crippen LogP contribution in [-0.2, 0) is 19.2 Å². The van der Waals surface area contributed by atoms with Crippen molar-refractivity contribution < 1.29 is 19.2 Å². The number of rotatable bonds is 12. The van der Waals surface area contributed by atoms with Gasteiger partial charge >= 0.3 is 0 Å². The van der Waals surface area contributed by atoms with E-state index in [4.69, 9.17) is 0 Å². The van der Waals surface area contributed by atoms with E-state index in [0.717, 1.165) is 43.2 Å². The first-order valence-electron chi connectivity index (χ1n) is 16.1. The molecular formula is C35H48N4O4. The number of likely N-dealkylation sites (tertiary alicyclic amines) is 1. The molecule has 2 fully saturated rings. The van der Waals surface area contributed by atoms with Crippen LogP contribution in [0.4, 0.5) is 0 Å². The lowest BCUT2D eigenvalue weighted by molar-refractivity contribution is -0.144. The van der Waals surface area contributed by atoms with Gasteiger partial charge in [-0.05, 0) is 56.1 Å². The van der Waals surface area contributed by atoms with Gasteiger partial charge in [0.15, 0.2) is 0 Å². The number of benzene rings is 2. The average Bonchev–Trinajstić information content (AvgIpc) is 3.54. The molecule has 232 valence electrons. The maximum atomic E-state index is 14.2. The number of likely N-dealkylation sites (N-methyl/N-ethyl adjacent to an activating group) is 1. The van der Waals surface area contributed by atoms with E-state index in [0.29, 0.717) is 32.4 Å². The third-order valence-electron chi connectivity index (χ3n) is 9.17. The van der Waals surface area contributed by atoms with Gasteiger partial charge in [0, 0.05) is 24.9 Å². The molecule has 4 rings (SSSR count). The quantitative estimate of drug-likeness (QED) is 0.338. The summed E-state index contributed by atoms with van der Waals surface area (Å²) in [5, 5.41) is 9.08. The second-order valence-electron chi connectivity index (χ2n) is 12.1. The number of hydrogen-bond acceptors (Lipinski definition) is 4. The number of nitrogens with one attached hydrogen (secondary N) is 3. The van der Waals surface area contributed by atoms with Crippen LogP contribution in [0, 0.1) is 11.8 Å². The van der Waals surface area contributed by atoms with Crippen molar-refractivity contribution in [2.45, 2.75) is 96.2 Å². The number of amides is 4. The molecule has 1 heterocycles. The first kappa shape index (κ1) is 32.2. The molecule has 4 amide bonds. The van der Waals surface area contributed by atoms with Crippen LogP contribution in [-0.4, -0.2) is 59.7 Å². The van der Waals surface area contributed by atoms with Gasteiger partial charge in [0.25, 0.3) is 0 Å². The van der Waals surface area contributed by atoms with E-state index in [1.807, 2.05) is 81.4 Å². The van der Waals surface area contributed by atoms with Crippen molar-refractivity contribution in [2.24, 2.45) is 11.8 Å². The fourth-order valence-corrected chi connectivity index (χ4v) is 6.54. The Morgan fingerprint density at radius 3 is 1.95 bits per heavy atom. The second-order valence-corrected chi connectivity index (χ2v) is 12.1. The molecule has 3 N–H and O–H groups in total. The Hall–Kier alpha value is -3.68. The Balaban J connectivity index is 1.61. The van der Waals surface area contributed by atoms with Gasteiger partial charge in [-0.2, -0.15) is 0 Å². The van der Waals surface area contributed by atoms with E-state index < -0.39 is 24.0 Å². The van der Waals surface area contributed by atoms with E-state index in [1.165, 1.54) is 0 Å². The second kappa shape index (κ2) is 15.7. The summed E-state index contributed by atoms with van der Waals surface area (Å²) in [5.74, 6) is -1.47. The van der Waals surface area contributed by atoms with Crippen molar-refractivity contribution >= 4 is 23.6 Å². The Bertz CT molecular complexity index is 1180. The molecule has 43 heavy (non-hydrogen) atoms. The molecule has 1 saturated heterocycles. The van der Waals surface area contributed by atoms with Gasteiger partial charge in [0.05, 0.1) is 0 Å². The van der Waals surface area contributed by atoms with Gasteiger partial charge in [-0.25, -0.2) is 0 Å². The standard InChI is InChI=1S/C35H48N4O4/c1-4-24(3)32(40)37-30(27-20-13-8-14-21-27)35(43)39-23-15-22-28(39)33(41)38-31(34(42)36-5-2)29(25-16-9-6-10-17-25)26-18-11-7-12-19-26/h6-7,9-12,16-19,24,27-31H,4-5,8,13-15,20-23H2,1-3H3,(H,36,42)(H,37,40)(H,38,41)/t24-,28?,30?,31+/m1/s1. The molecule has 0 bridgehead atoms. The highest BCUT2D eigenvalue weighted by Gasteiger charge is 2.42. The zero-order valence-electron chi connectivity index (χ0n) is 25.9. The SMILES string of the molecule is CCNC(=O)[C@@H](NC(=O)C1CCCN1C(=O)C(NC(=O)[C@H](C)CC)C1CCCCC1)C(c1ccccc1)c1ccccc1. The molecule has 4 atom stereocenters. The fraction of sp³-hybridized carbons (Fsp3) is 0.543. The summed E-state index contributed by atoms with van der Waals surface area (Å²) in [7, 11) is 0. The Labute approximate surface area is 256 Å². The molecule has 8 nitrogen and oxygen atoms in total. The van der Waals surface area contributed by atoms with Gasteiger partial charge in [0.1, 0.15) is 18.1 Å². The van der Waals surface area contributed by atoms with Crippen molar-refractivity contribution in [3.8, 4) is 0 Å².